The van der Waals surface area contributed by atoms with E-state index < -0.39 is 0 Å². The summed E-state index contributed by atoms with van der Waals surface area (Å²) in [6.07, 6.45) is 5.38. The summed E-state index contributed by atoms with van der Waals surface area (Å²) in [6.45, 7) is 3.24. The number of anilines is 2. The summed E-state index contributed by atoms with van der Waals surface area (Å²) >= 11 is 0. The van der Waals surface area contributed by atoms with Gasteiger partial charge in [0.2, 0.25) is 5.95 Å². The molecule has 0 amide bonds. The van der Waals surface area contributed by atoms with E-state index in [0.29, 0.717) is 11.5 Å². The third kappa shape index (κ3) is 3.75. The Hall–Kier alpha value is -3.94. The number of rotatable bonds is 5. The Kier molecular flexibility index (Phi) is 5.41. The monoisotopic (exact) mass is 428 g/mol. The smallest absolute Gasteiger partial charge is 0.225 e. The Labute approximate surface area is 186 Å². The van der Waals surface area contributed by atoms with Gasteiger partial charge in [0.15, 0.2) is 11.5 Å². The SMILES string of the molecule is COc1cc2ncnc(N3CCN(c4ncc(-c5ccccc5)cn4)CC3)c2cc1OC. The lowest BCUT2D eigenvalue weighted by molar-refractivity contribution is 0.356. The van der Waals surface area contributed by atoms with Gasteiger partial charge in [0.1, 0.15) is 12.1 Å². The third-order valence-corrected chi connectivity index (χ3v) is 5.73. The lowest BCUT2D eigenvalue weighted by Gasteiger charge is -2.35. The Bertz CT molecular complexity index is 1210. The van der Waals surface area contributed by atoms with E-state index in [1.165, 1.54) is 0 Å². The van der Waals surface area contributed by atoms with Gasteiger partial charge in [-0.2, -0.15) is 0 Å². The van der Waals surface area contributed by atoms with E-state index in [0.717, 1.165) is 60.0 Å². The maximum atomic E-state index is 5.48. The van der Waals surface area contributed by atoms with Gasteiger partial charge in [-0.15, -0.1) is 0 Å². The van der Waals surface area contributed by atoms with E-state index in [2.05, 4.69) is 41.9 Å². The Morgan fingerprint density at radius 3 is 2.06 bits per heavy atom. The molecule has 0 unspecified atom stereocenters. The van der Waals surface area contributed by atoms with Crippen LogP contribution in [0.4, 0.5) is 11.8 Å². The molecule has 8 nitrogen and oxygen atoms in total. The molecular formula is C24H24N6O2. The lowest BCUT2D eigenvalue weighted by atomic mass is 10.1. The first kappa shape index (κ1) is 20.0. The number of aromatic nitrogens is 4. The normalized spacial score (nSPS) is 13.9. The zero-order chi connectivity index (χ0) is 21.9. The van der Waals surface area contributed by atoms with Gasteiger partial charge in [0.25, 0.3) is 0 Å². The van der Waals surface area contributed by atoms with E-state index >= 15 is 0 Å². The van der Waals surface area contributed by atoms with Gasteiger partial charge >= 0.3 is 0 Å². The van der Waals surface area contributed by atoms with Crippen LogP contribution in [0.5, 0.6) is 11.5 Å². The Morgan fingerprint density at radius 1 is 0.719 bits per heavy atom. The number of nitrogens with zero attached hydrogens (tertiary/aromatic N) is 6. The molecule has 162 valence electrons. The van der Waals surface area contributed by atoms with Crippen molar-refractivity contribution in [3.63, 3.8) is 0 Å². The summed E-state index contributed by atoms with van der Waals surface area (Å²) in [7, 11) is 3.26. The second kappa shape index (κ2) is 8.66. The minimum atomic E-state index is 0.658. The average Bonchev–Trinajstić information content (AvgIpc) is 2.88. The molecule has 0 saturated carbocycles. The molecule has 1 aliphatic rings. The molecule has 0 spiro atoms. The molecule has 8 heteroatoms. The zero-order valence-corrected chi connectivity index (χ0v) is 18.1. The van der Waals surface area contributed by atoms with Crippen molar-refractivity contribution in [2.24, 2.45) is 0 Å². The summed E-state index contributed by atoms with van der Waals surface area (Å²) < 4.78 is 10.9. The van der Waals surface area contributed by atoms with Crippen LogP contribution in [0.3, 0.4) is 0 Å². The van der Waals surface area contributed by atoms with Crippen LogP contribution in [0.2, 0.25) is 0 Å². The molecule has 1 saturated heterocycles. The number of fused-ring (bicyclic) bond motifs is 1. The summed E-state index contributed by atoms with van der Waals surface area (Å²) in [5.41, 5.74) is 2.96. The molecule has 0 radical (unpaired) electrons. The maximum Gasteiger partial charge on any atom is 0.225 e. The summed E-state index contributed by atoms with van der Waals surface area (Å²) in [6, 6.07) is 14.0. The van der Waals surface area contributed by atoms with Gasteiger partial charge in [-0.3, -0.25) is 0 Å². The third-order valence-electron chi connectivity index (χ3n) is 5.73. The van der Waals surface area contributed by atoms with Gasteiger partial charge < -0.3 is 19.3 Å². The highest BCUT2D eigenvalue weighted by Crippen LogP contribution is 2.35. The van der Waals surface area contributed by atoms with Crippen molar-refractivity contribution in [1.82, 2.24) is 19.9 Å². The van der Waals surface area contributed by atoms with Crippen LogP contribution in [-0.4, -0.2) is 60.3 Å². The van der Waals surface area contributed by atoms with Crippen LogP contribution >= 0.6 is 0 Å². The van der Waals surface area contributed by atoms with E-state index in [1.54, 1.807) is 20.5 Å². The Balaban J connectivity index is 1.33. The molecule has 32 heavy (non-hydrogen) atoms. The molecule has 0 bridgehead atoms. The molecule has 3 heterocycles. The summed E-state index contributed by atoms with van der Waals surface area (Å²) in [4.78, 5) is 22.7. The molecule has 0 atom stereocenters. The molecule has 2 aromatic carbocycles. The predicted octanol–water partition coefficient (Wildman–Crippen LogP) is 3.43. The van der Waals surface area contributed by atoms with Crippen molar-refractivity contribution in [3.8, 4) is 22.6 Å². The minimum Gasteiger partial charge on any atom is -0.493 e. The van der Waals surface area contributed by atoms with Crippen molar-refractivity contribution >= 4 is 22.7 Å². The fourth-order valence-electron chi connectivity index (χ4n) is 4.00. The van der Waals surface area contributed by atoms with Crippen molar-refractivity contribution < 1.29 is 9.47 Å². The molecule has 2 aromatic heterocycles. The predicted molar refractivity (Wildman–Crippen MR) is 125 cm³/mol. The number of ether oxygens (including phenoxy) is 2. The largest absolute Gasteiger partial charge is 0.493 e. The van der Waals surface area contributed by atoms with Crippen molar-refractivity contribution in [2.45, 2.75) is 0 Å². The maximum absolute atomic E-state index is 5.48. The number of benzene rings is 2. The Morgan fingerprint density at radius 2 is 1.38 bits per heavy atom. The second-order valence-corrected chi connectivity index (χ2v) is 7.53. The van der Waals surface area contributed by atoms with E-state index in [-0.39, 0.29) is 0 Å². The van der Waals surface area contributed by atoms with Gasteiger partial charge in [0, 0.05) is 55.6 Å². The number of methoxy groups -OCH3 is 2. The lowest BCUT2D eigenvalue weighted by Crippen LogP contribution is -2.47. The van der Waals surface area contributed by atoms with Crippen molar-refractivity contribution in [1.29, 1.82) is 0 Å². The van der Waals surface area contributed by atoms with Crippen LogP contribution in [0.15, 0.2) is 61.2 Å². The van der Waals surface area contributed by atoms with E-state index in [4.69, 9.17) is 9.47 Å². The van der Waals surface area contributed by atoms with Gasteiger partial charge in [0.05, 0.1) is 19.7 Å². The number of piperazine rings is 1. The van der Waals surface area contributed by atoms with E-state index in [1.807, 2.05) is 42.7 Å². The highest BCUT2D eigenvalue weighted by Gasteiger charge is 2.22. The van der Waals surface area contributed by atoms with Crippen LogP contribution in [0.25, 0.3) is 22.0 Å². The molecule has 1 fully saturated rings. The molecule has 5 rings (SSSR count). The molecule has 1 aliphatic heterocycles. The molecule has 0 aliphatic carbocycles. The van der Waals surface area contributed by atoms with Crippen molar-refractivity contribution in [3.05, 3.63) is 61.2 Å². The standard InChI is InChI=1S/C24H24N6O2/c1-31-21-12-19-20(13-22(21)32-2)27-16-28-23(19)29-8-10-30(11-9-29)24-25-14-18(15-26-24)17-6-4-3-5-7-17/h3-7,12-16H,8-11H2,1-2H3. The average molecular weight is 428 g/mol. The highest BCUT2D eigenvalue weighted by molar-refractivity contribution is 5.92. The van der Waals surface area contributed by atoms with Gasteiger partial charge in [-0.05, 0) is 11.6 Å². The topological polar surface area (TPSA) is 76.5 Å². The molecular weight excluding hydrogens is 404 g/mol. The van der Waals surface area contributed by atoms with Crippen molar-refractivity contribution in [2.75, 3.05) is 50.2 Å². The first-order valence-corrected chi connectivity index (χ1v) is 10.5. The minimum absolute atomic E-state index is 0.658. The first-order chi connectivity index (χ1) is 15.8. The fourth-order valence-corrected chi connectivity index (χ4v) is 4.00. The second-order valence-electron chi connectivity index (χ2n) is 7.53. The van der Waals surface area contributed by atoms with Crippen LogP contribution in [0, 0.1) is 0 Å². The first-order valence-electron chi connectivity index (χ1n) is 10.5. The number of hydrogen-bond donors (Lipinski definition) is 0. The highest BCUT2D eigenvalue weighted by atomic mass is 16.5. The zero-order valence-electron chi connectivity index (χ0n) is 18.1. The fraction of sp³-hybridized carbons (Fsp3) is 0.250. The van der Waals surface area contributed by atoms with Crippen LogP contribution in [-0.2, 0) is 0 Å². The van der Waals surface area contributed by atoms with Gasteiger partial charge in [-0.25, -0.2) is 19.9 Å². The summed E-state index contributed by atoms with van der Waals surface area (Å²) in [5.74, 6) is 2.98. The number of hydrogen-bond acceptors (Lipinski definition) is 8. The summed E-state index contributed by atoms with van der Waals surface area (Å²) in [5, 5.41) is 0.946. The van der Waals surface area contributed by atoms with Gasteiger partial charge in [-0.1, -0.05) is 30.3 Å². The molecule has 0 N–H and O–H groups in total. The van der Waals surface area contributed by atoms with Crippen LogP contribution in [0.1, 0.15) is 0 Å². The van der Waals surface area contributed by atoms with E-state index in [9.17, 15) is 0 Å². The quantitative estimate of drug-likeness (QED) is 0.479. The van der Waals surface area contributed by atoms with Crippen LogP contribution < -0.4 is 19.3 Å². The molecule has 4 aromatic rings.